The van der Waals surface area contributed by atoms with Gasteiger partial charge in [-0.25, -0.2) is 4.39 Å². The smallest absolute Gasteiger partial charge is 0.317 e. The molecular weight excluding hydrogens is 505 g/mol. The Bertz CT molecular complexity index is 1360. The van der Waals surface area contributed by atoms with E-state index in [0.717, 1.165) is 10.4 Å². The molecular formula is C30H28FNO5S. The molecule has 2 heterocycles. The van der Waals surface area contributed by atoms with Crippen molar-refractivity contribution in [2.45, 2.75) is 38.5 Å². The Labute approximate surface area is 224 Å². The SMILES string of the molecule is CCOC(=O)[C@@H]1C(=O)C2=C(C[C@@H]1c1cccs1)N(c1ccc(F)cc1)C(=O)C[C@H]2c1ccc(OCC)cc1. The maximum Gasteiger partial charge on any atom is 0.317 e. The number of benzene rings is 2. The summed E-state index contributed by atoms with van der Waals surface area (Å²) in [5.74, 6) is -2.83. The van der Waals surface area contributed by atoms with E-state index in [0.29, 0.717) is 35.7 Å². The molecule has 2 aromatic carbocycles. The van der Waals surface area contributed by atoms with Crippen molar-refractivity contribution in [3.63, 3.8) is 0 Å². The Morgan fingerprint density at radius 3 is 2.37 bits per heavy atom. The molecule has 1 aromatic heterocycles. The molecule has 5 rings (SSSR count). The predicted molar refractivity (Wildman–Crippen MR) is 143 cm³/mol. The minimum atomic E-state index is -1.01. The summed E-state index contributed by atoms with van der Waals surface area (Å²) in [5, 5.41) is 1.90. The van der Waals surface area contributed by atoms with E-state index in [4.69, 9.17) is 9.47 Å². The van der Waals surface area contributed by atoms with Crippen LogP contribution in [0.1, 0.15) is 49.0 Å². The number of hydrogen-bond donors (Lipinski definition) is 0. The first-order chi connectivity index (χ1) is 18.4. The van der Waals surface area contributed by atoms with Crippen LogP contribution in [0.4, 0.5) is 10.1 Å². The van der Waals surface area contributed by atoms with E-state index in [1.807, 2.05) is 48.7 Å². The second-order valence-electron chi connectivity index (χ2n) is 9.24. The summed E-state index contributed by atoms with van der Waals surface area (Å²) in [4.78, 5) is 43.6. The highest BCUT2D eigenvalue weighted by Gasteiger charge is 2.50. The first-order valence-electron chi connectivity index (χ1n) is 12.7. The van der Waals surface area contributed by atoms with Crippen molar-refractivity contribution in [2.75, 3.05) is 18.1 Å². The molecule has 0 bridgehead atoms. The van der Waals surface area contributed by atoms with Gasteiger partial charge in [-0.2, -0.15) is 0 Å². The highest BCUT2D eigenvalue weighted by molar-refractivity contribution is 7.10. The van der Waals surface area contributed by atoms with Gasteiger partial charge < -0.3 is 9.47 Å². The number of carbonyl (C=O) groups excluding carboxylic acids is 3. The molecule has 8 heteroatoms. The molecule has 196 valence electrons. The Balaban J connectivity index is 1.68. The fraction of sp³-hybridized carbons (Fsp3) is 0.300. The van der Waals surface area contributed by atoms with Crippen molar-refractivity contribution in [1.82, 2.24) is 0 Å². The molecule has 0 saturated heterocycles. The van der Waals surface area contributed by atoms with Crippen molar-refractivity contribution in [2.24, 2.45) is 5.92 Å². The summed E-state index contributed by atoms with van der Waals surface area (Å²) in [5.41, 5.74) is 2.26. The number of ether oxygens (including phenoxy) is 2. The van der Waals surface area contributed by atoms with Crippen LogP contribution in [0.25, 0.3) is 0 Å². The fourth-order valence-corrected chi connectivity index (χ4v) is 6.31. The van der Waals surface area contributed by atoms with Gasteiger partial charge in [0.2, 0.25) is 5.91 Å². The normalized spacial score (nSPS) is 21.3. The predicted octanol–water partition coefficient (Wildman–Crippen LogP) is 6.00. The number of thiophene rings is 1. The lowest BCUT2D eigenvalue weighted by Crippen LogP contribution is -2.46. The third kappa shape index (κ3) is 4.76. The lowest BCUT2D eigenvalue weighted by Gasteiger charge is -2.42. The average Bonchev–Trinajstić information content (AvgIpc) is 3.45. The van der Waals surface area contributed by atoms with Crippen LogP contribution >= 0.6 is 11.3 Å². The number of esters is 1. The zero-order valence-electron chi connectivity index (χ0n) is 21.2. The van der Waals surface area contributed by atoms with Gasteiger partial charge in [-0.15, -0.1) is 11.3 Å². The number of allylic oxidation sites excluding steroid dienone is 2. The largest absolute Gasteiger partial charge is 0.494 e. The first kappa shape index (κ1) is 25.9. The quantitative estimate of drug-likeness (QED) is 0.275. The molecule has 0 N–H and O–H groups in total. The van der Waals surface area contributed by atoms with E-state index in [1.165, 1.54) is 40.5 Å². The van der Waals surface area contributed by atoms with Gasteiger partial charge in [0.1, 0.15) is 17.5 Å². The standard InChI is InChI=1S/C30H28FNO5S/c1-3-36-21-13-7-18(8-14-21)22-17-26(33)32(20-11-9-19(31)10-12-20)24-16-23(25-6-5-15-38-25)28(29(34)27(22)24)30(35)37-4-2/h5-15,22-23,28H,3-4,16-17H2,1-2H3/t22-,23+,28-/m0/s1. The van der Waals surface area contributed by atoms with Crippen LogP contribution in [0, 0.1) is 11.7 Å². The van der Waals surface area contributed by atoms with Crippen LogP contribution in [-0.2, 0) is 19.1 Å². The van der Waals surface area contributed by atoms with Gasteiger partial charge in [-0.3, -0.25) is 19.3 Å². The van der Waals surface area contributed by atoms with E-state index in [1.54, 1.807) is 6.92 Å². The van der Waals surface area contributed by atoms with Gasteiger partial charge in [0, 0.05) is 40.1 Å². The van der Waals surface area contributed by atoms with E-state index < -0.39 is 29.5 Å². The van der Waals surface area contributed by atoms with Gasteiger partial charge in [-0.05, 0) is 73.7 Å². The molecule has 6 nitrogen and oxygen atoms in total. The molecule has 1 amide bonds. The second kappa shape index (κ2) is 10.9. The minimum Gasteiger partial charge on any atom is -0.494 e. The van der Waals surface area contributed by atoms with Gasteiger partial charge in [-0.1, -0.05) is 18.2 Å². The number of amides is 1. The van der Waals surface area contributed by atoms with Gasteiger partial charge in [0.05, 0.1) is 13.2 Å². The van der Waals surface area contributed by atoms with Crippen LogP contribution in [0.3, 0.4) is 0 Å². The van der Waals surface area contributed by atoms with Gasteiger partial charge in [0.15, 0.2) is 5.78 Å². The van der Waals surface area contributed by atoms with Crippen molar-refractivity contribution in [3.05, 3.63) is 93.6 Å². The lowest BCUT2D eigenvalue weighted by molar-refractivity contribution is -0.152. The Kier molecular flexibility index (Phi) is 7.42. The summed E-state index contributed by atoms with van der Waals surface area (Å²) < 4.78 is 24.7. The third-order valence-corrected chi connectivity index (χ3v) is 8.05. The van der Waals surface area contributed by atoms with Crippen molar-refractivity contribution in [1.29, 1.82) is 0 Å². The van der Waals surface area contributed by atoms with E-state index in [2.05, 4.69) is 0 Å². The number of nitrogens with zero attached hydrogens (tertiary/aromatic N) is 1. The molecule has 3 atom stereocenters. The van der Waals surface area contributed by atoms with E-state index >= 15 is 0 Å². The highest BCUT2D eigenvalue weighted by atomic mass is 32.1. The molecule has 1 aliphatic carbocycles. The maximum absolute atomic E-state index is 14.3. The Morgan fingerprint density at radius 2 is 1.74 bits per heavy atom. The van der Waals surface area contributed by atoms with Crippen molar-refractivity contribution in [3.8, 4) is 5.75 Å². The van der Waals surface area contributed by atoms with Crippen LogP contribution in [0.15, 0.2) is 77.3 Å². The van der Waals surface area contributed by atoms with E-state index in [9.17, 15) is 18.8 Å². The fourth-order valence-electron chi connectivity index (χ4n) is 5.44. The van der Waals surface area contributed by atoms with E-state index in [-0.39, 0.29) is 24.7 Å². The monoisotopic (exact) mass is 533 g/mol. The number of carbonyl (C=O) groups is 3. The Morgan fingerprint density at radius 1 is 1.00 bits per heavy atom. The molecule has 0 spiro atoms. The molecule has 1 aliphatic heterocycles. The van der Waals surface area contributed by atoms with Gasteiger partial charge >= 0.3 is 5.97 Å². The molecule has 0 unspecified atom stereocenters. The van der Waals surface area contributed by atoms with Gasteiger partial charge in [0.25, 0.3) is 0 Å². The zero-order chi connectivity index (χ0) is 26.8. The zero-order valence-corrected chi connectivity index (χ0v) is 22.0. The van der Waals surface area contributed by atoms with Crippen LogP contribution in [0.2, 0.25) is 0 Å². The second-order valence-corrected chi connectivity index (χ2v) is 10.2. The summed E-state index contributed by atoms with van der Waals surface area (Å²) >= 11 is 1.46. The number of Topliss-reactive ketones (excluding diaryl/α,β-unsaturated/α-hetero) is 1. The first-order valence-corrected chi connectivity index (χ1v) is 13.6. The number of rotatable bonds is 7. The minimum absolute atomic E-state index is 0.0369. The molecule has 0 radical (unpaired) electrons. The number of hydrogen-bond acceptors (Lipinski definition) is 6. The topological polar surface area (TPSA) is 72.9 Å². The molecule has 38 heavy (non-hydrogen) atoms. The summed E-state index contributed by atoms with van der Waals surface area (Å²) in [6, 6.07) is 16.8. The average molecular weight is 534 g/mol. The van der Waals surface area contributed by atoms with Crippen LogP contribution in [-0.4, -0.2) is 30.9 Å². The molecule has 0 saturated carbocycles. The van der Waals surface area contributed by atoms with Crippen LogP contribution < -0.4 is 9.64 Å². The lowest BCUT2D eigenvalue weighted by atomic mass is 9.69. The highest BCUT2D eigenvalue weighted by Crippen LogP contribution is 2.50. The number of anilines is 1. The molecule has 3 aromatic rings. The molecule has 2 aliphatic rings. The van der Waals surface area contributed by atoms with Crippen LogP contribution in [0.5, 0.6) is 5.75 Å². The molecule has 0 fully saturated rings. The number of halogens is 1. The van der Waals surface area contributed by atoms with Crippen molar-refractivity contribution < 1.29 is 28.2 Å². The summed E-state index contributed by atoms with van der Waals surface area (Å²) in [6.45, 7) is 4.30. The number of ketones is 1. The maximum atomic E-state index is 14.3. The summed E-state index contributed by atoms with van der Waals surface area (Å²) in [6.07, 6.45) is 0.330. The van der Waals surface area contributed by atoms with Crippen molar-refractivity contribution >= 4 is 34.7 Å². The summed E-state index contributed by atoms with van der Waals surface area (Å²) in [7, 11) is 0. The Hall–Kier alpha value is -3.78. The third-order valence-electron chi connectivity index (χ3n) is 7.05.